The van der Waals surface area contributed by atoms with Crippen molar-refractivity contribution in [3.8, 4) is 0 Å². The molecule has 4 N–H and O–H groups in total. The summed E-state index contributed by atoms with van der Waals surface area (Å²) in [4.78, 5) is 0. The summed E-state index contributed by atoms with van der Waals surface area (Å²) in [6.45, 7) is -0.432. The maximum atomic E-state index is 9.18. The number of rotatable bonds is 1. The van der Waals surface area contributed by atoms with Crippen LogP contribution in [0.4, 0.5) is 0 Å². The van der Waals surface area contributed by atoms with Crippen LogP contribution in [0.2, 0.25) is 0 Å². The fourth-order valence-corrected chi connectivity index (χ4v) is 1.37. The van der Waals surface area contributed by atoms with Gasteiger partial charge in [-0.3, -0.25) is 0 Å². The van der Waals surface area contributed by atoms with Crippen molar-refractivity contribution in [3.63, 3.8) is 0 Å². The Morgan fingerprint density at radius 1 is 1.08 bits per heavy atom. The van der Waals surface area contributed by atoms with Gasteiger partial charge >= 0.3 is 0 Å². The van der Waals surface area contributed by atoms with Crippen LogP contribution in [0.3, 0.4) is 0 Å². The minimum atomic E-state index is -1.35. The quantitative estimate of drug-likeness (QED) is 0.341. The maximum Gasteiger partial charge on any atom is 0.111 e. The highest BCUT2D eigenvalue weighted by atomic mass is 32.1. The molecule has 0 bridgehead atoms. The molecule has 0 aromatic carbocycles. The minimum absolute atomic E-state index is 0.432. The summed E-state index contributed by atoms with van der Waals surface area (Å²) in [7, 11) is 0. The van der Waals surface area contributed by atoms with Gasteiger partial charge in [0.05, 0.1) is 12.7 Å². The number of hydrogen-bond acceptors (Lipinski definition) is 6. The second-order valence-electron chi connectivity index (χ2n) is 2.70. The molecule has 1 heterocycles. The molecular weight excluding hydrogens is 184 g/mol. The molecule has 1 fully saturated rings. The van der Waals surface area contributed by atoms with Crippen molar-refractivity contribution in [1.82, 2.24) is 0 Å². The molecule has 5 unspecified atom stereocenters. The highest BCUT2D eigenvalue weighted by Crippen LogP contribution is 2.19. The second-order valence-corrected chi connectivity index (χ2v) is 3.16. The Bertz CT molecular complexity index is 150. The number of ether oxygens (including phenoxy) is 1. The van der Waals surface area contributed by atoms with Crippen LogP contribution in [0.15, 0.2) is 0 Å². The Labute approximate surface area is 75.0 Å². The predicted molar refractivity (Wildman–Crippen MR) is 41.1 cm³/mol. The molecule has 1 saturated heterocycles. The van der Waals surface area contributed by atoms with Crippen LogP contribution in [0.25, 0.3) is 0 Å². The predicted octanol–water partition coefficient (Wildman–Crippen LogP) is -2.67. The number of hydrogen-bond donors (Lipinski definition) is 4. The van der Waals surface area contributed by atoms with Gasteiger partial charge < -0.3 is 37.8 Å². The van der Waals surface area contributed by atoms with E-state index in [0.717, 1.165) is 0 Å². The van der Waals surface area contributed by atoms with Crippen molar-refractivity contribution in [2.75, 3.05) is 6.61 Å². The third-order valence-corrected chi connectivity index (χ3v) is 2.24. The smallest absolute Gasteiger partial charge is 0.111 e. The lowest BCUT2D eigenvalue weighted by Crippen LogP contribution is -2.57. The van der Waals surface area contributed by atoms with Crippen molar-refractivity contribution in [3.05, 3.63) is 0 Å². The van der Waals surface area contributed by atoms with E-state index in [-0.39, 0.29) is 0 Å². The van der Waals surface area contributed by atoms with E-state index < -0.39 is 36.5 Å². The highest BCUT2D eigenvalue weighted by molar-refractivity contribution is 7.59. The Morgan fingerprint density at radius 2 is 1.67 bits per heavy atom. The number of aliphatic hydroxyl groups excluding tert-OH is 4. The summed E-state index contributed by atoms with van der Waals surface area (Å²) < 4.78 is 4.84. The first kappa shape index (κ1) is 10.2. The average Bonchev–Trinajstić information content (AvgIpc) is 2.08. The van der Waals surface area contributed by atoms with Gasteiger partial charge in [-0.05, 0) is 5.44 Å². The zero-order valence-electron chi connectivity index (χ0n) is 6.20. The van der Waals surface area contributed by atoms with Gasteiger partial charge in [-0.2, -0.15) is 0 Å². The molecule has 1 aliphatic heterocycles. The molecule has 0 spiro atoms. The van der Waals surface area contributed by atoms with Crippen molar-refractivity contribution < 1.29 is 25.2 Å². The van der Waals surface area contributed by atoms with Gasteiger partial charge in [0.15, 0.2) is 0 Å². The lowest BCUT2D eigenvalue weighted by atomic mass is 10.0. The van der Waals surface area contributed by atoms with Crippen LogP contribution in [0.5, 0.6) is 0 Å². The molecular formula is C6H11O5S-. The molecule has 0 aromatic rings. The van der Waals surface area contributed by atoms with E-state index in [0.29, 0.717) is 0 Å². The molecule has 0 aromatic heterocycles. The first-order chi connectivity index (χ1) is 5.57. The molecule has 1 aliphatic rings. The van der Waals surface area contributed by atoms with E-state index in [1.54, 1.807) is 0 Å². The molecule has 6 heteroatoms. The van der Waals surface area contributed by atoms with Crippen molar-refractivity contribution in [1.29, 1.82) is 0 Å². The molecule has 5 nitrogen and oxygen atoms in total. The Kier molecular flexibility index (Phi) is 3.33. The molecule has 0 aliphatic carbocycles. The Balaban J connectivity index is 2.63. The van der Waals surface area contributed by atoms with Gasteiger partial charge in [0, 0.05) is 0 Å². The van der Waals surface area contributed by atoms with E-state index in [4.69, 9.17) is 20.1 Å². The monoisotopic (exact) mass is 195 g/mol. The molecule has 72 valence electrons. The largest absolute Gasteiger partial charge is 0.759 e. The minimum Gasteiger partial charge on any atom is -0.759 e. The Morgan fingerprint density at radius 3 is 2.17 bits per heavy atom. The van der Waals surface area contributed by atoms with Crippen LogP contribution in [0, 0.1) is 0 Å². The zero-order valence-corrected chi connectivity index (χ0v) is 7.02. The summed E-state index contributed by atoms with van der Waals surface area (Å²) in [6.07, 6.45) is -4.83. The van der Waals surface area contributed by atoms with Crippen molar-refractivity contribution >= 4 is 12.6 Å². The van der Waals surface area contributed by atoms with Gasteiger partial charge in [0.2, 0.25) is 0 Å². The SMILES string of the molecule is OCC1OC([S-])C(O)C(O)C1O. The molecule has 0 amide bonds. The summed E-state index contributed by atoms with van der Waals surface area (Å²) in [6, 6.07) is 0. The number of aliphatic hydroxyl groups is 4. The summed E-state index contributed by atoms with van der Waals surface area (Å²) >= 11 is 4.63. The summed E-state index contributed by atoms with van der Waals surface area (Å²) in [5.74, 6) is 0. The van der Waals surface area contributed by atoms with Crippen molar-refractivity contribution in [2.45, 2.75) is 29.9 Å². The van der Waals surface area contributed by atoms with Crippen LogP contribution in [0.1, 0.15) is 0 Å². The average molecular weight is 195 g/mol. The van der Waals surface area contributed by atoms with Gasteiger partial charge in [-0.25, -0.2) is 0 Å². The van der Waals surface area contributed by atoms with Crippen molar-refractivity contribution in [2.24, 2.45) is 0 Å². The van der Waals surface area contributed by atoms with E-state index in [2.05, 4.69) is 12.6 Å². The topological polar surface area (TPSA) is 90.2 Å². The first-order valence-electron chi connectivity index (χ1n) is 3.54. The highest BCUT2D eigenvalue weighted by Gasteiger charge is 2.38. The van der Waals surface area contributed by atoms with Gasteiger partial charge in [0.1, 0.15) is 18.3 Å². The van der Waals surface area contributed by atoms with Gasteiger partial charge in [-0.1, -0.05) is 0 Å². The van der Waals surface area contributed by atoms with Gasteiger partial charge in [-0.15, -0.1) is 0 Å². The second kappa shape index (κ2) is 3.91. The third-order valence-electron chi connectivity index (χ3n) is 1.85. The molecule has 0 radical (unpaired) electrons. The lowest BCUT2D eigenvalue weighted by Gasteiger charge is -2.43. The molecule has 5 atom stereocenters. The molecule has 1 rings (SSSR count). The third kappa shape index (κ3) is 1.73. The fraction of sp³-hybridized carbons (Fsp3) is 1.00. The summed E-state index contributed by atoms with van der Waals surface area (Å²) in [5, 5.41) is 36.1. The lowest BCUT2D eigenvalue weighted by molar-refractivity contribution is -0.205. The standard InChI is InChI=1S/C6H12O5S/c7-1-2-3(8)4(9)5(10)6(12)11-2/h2-10,12H,1H2/p-1. The fourth-order valence-electron chi connectivity index (χ4n) is 1.07. The zero-order chi connectivity index (χ0) is 9.30. The van der Waals surface area contributed by atoms with E-state index in [1.165, 1.54) is 0 Å². The molecule has 12 heavy (non-hydrogen) atoms. The van der Waals surface area contributed by atoms with Crippen LogP contribution in [-0.2, 0) is 17.4 Å². The first-order valence-corrected chi connectivity index (χ1v) is 4.01. The molecule has 0 saturated carbocycles. The van der Waals surface area contributed by atoms with E-state index in [9.17, 15) is 5.11 Å². The maximum absolute atomic E-state index is 9.18. The van der Waals surface area contributed by atoms with E-state index >= 15 is 0 Å². The normalized spacial score (nSPS) is 49.2. The summed E-state index contributed by atoms with van der Waals surface area (Å²) in [5.41, 5.74) is -0.986. The van der Waals surface area contributed by atoms with Crippen LogP contribution >= 0.6 is 0 Å². The van der Waals surface area contributed by atoms with E-state index in [1.807, 2.05) is 0 Å². The van der Waals surface area contributed by atoms with Crippen LogP contribution in [-0.4, -0.2) is 56.9 Å². The van der Waals surface area contributed by atoms with Gasteiger partial charge in [0.25, 0.3) is 0 Å². The van der Waals surface area contributed by atoms with Crippen LogP contribution < -0.4 is 0 Å². The Hall–Kier alpha value is 0.150.